The van der Waals surface area contributed by atoms with Crippen molar-refractivity contribution in [2.45, 2.75) is 24.9 Å². The molecule has 0 aliphatic heterocycles. The Morgan fingerprint density at radius 3 is 2.92 bits per heavy atom. The Hall–Kier alpha value is -0.0400. The first kappa shape index (κ1) is 11.0. The minimum atomic E-state index is -0.0463. The lowest BCUT2D eigenvalue weighted by molar-refractivity contribution is 0.983. The number of thioether (sulfide) groups is 1. The molecule has 0 bridgehead atoms. The number of hydrogen-bond donors (Lipinski definition) is 1. The molecule has 1 aromatic heterocycles. The Morgan fingerprint density at radius 1 is 1.69 bits per heavy atom. The van der Waals surface area contributed by atoms with Gasteiger partial charge in [0.25, 0.3) is 5.56 Å². The zero-order chi connectivity index (χ0) is 9.84. The van der Waals surface area contributed by atoms with Crippen LogP contribution in [0.5, 0.6) is 0 Å². The van der Waals surface area contributed by atoms with Gasteiger partial charge in [0.05, 0.1) is 9.32 Å². The molecule has 0 saturated carbocycles. The second kappa shape index (κ2) is 4.99. The molecule has 1 aromatic rings. The van der Waals surface area contributed by atoms with Gasteiger partial charge >= 0.3 is 0 Å². The van der Waals surface area contributed by atoms with Gasteiger partial charge in [-0.25, -0.2) is 4.98 Å². The molecule has 0 unspecified atom stereocenters. The third-order valence-corrected chi connectivity index (χ3v) is 3.24. The second-order valence-corrected chi connectivity index (χ2v) is 5.59. The number of aromatic nitrogens is 2. The van der Waals surface area contributed by atoms with E-state index in [1.807, 2.05) is 22.6 Å². The predicted octanol–water partition coefficient (Wildman–Crippen LogP) is 2.02. The van der Waals surface area contributed by atoms with Crippen molar-refractivity contribution in [1.29, 1.82) is 0 Å². The van der Waals surface area contributed by atoms with Gasteiger partial charge < -0.3 is 4.98 Å². The lowest BCUT2D eigenvalue weighted by atomic mass is 10.6. The Labute approximate surface area is 94.9 Å². The van der Waals surface area contributed by atoms with Gasteiger partial charge in [-0.3, -0.25) is 4.79 Å². The number of nitrogens with one attached hydrogen (secondary N) is 1. The van der Waals surface area contributed by atoms with Crippen molar-refractivity contribution in [3.05, 3.63) is 25.9 Å². The smallest absolute Gasteiger partial charge is 0.264 e. The van der Waals surface area contributed by atoms with Crippen LogP contribution in [-0.4, -0.2) is 15.2 Å². The summed E-state index contributed by atoms with van der Waals surface area (Å²) in [6.07, 6.45) is 1.61. The number of hydrogen-bond acceptors (Lipinski definition) is 3. The molecule has 0 radical (unpaired) electrons. The molecule has 0 fully saturated rings. The van der Waals surface area contributed by atoms with Crippen LogP contribution in [0.1, 0.15) is 19.7 Å². The predicted molar refractivity (Wildman–Crippen MR) is 64.0 cm³/mol. The van der Waals surface area contributed by atoms with E-state index >= 15 is 0 Å². The number of H-pyrrole nitrogens is 1. The van der Waals surface area contributed by atoms with Crippen LogP contribution in [0.3, 0.4) is 0 Å². The average Bonchev–Trinajstić information content (AvgIpc) is 2.07. The van der Waals surface area contributed by atoms with E-state index in [0.29, 0.717) is 8.82 Å². The number of rotatable bonds is 3. The Bertz CT molecular complexity index is 337. The quantitative estimate of drug-likeness (QED) is 0.869. The molecule has 0 atom stereocenters. The molecular weight excluding hydrogens is 299 g/mol. The summed E-state index contributed by atoms with van der Waals surface area (Å²) >= 11 is 3.73. The Balaban J connectivity index is 2.69. The molecule has 72 valence electrons. The third-order valence-electron chi connectivity index (χ3n) is 1.36. The molecular formula is C8H11IN2OS. The van der Waals surface area contributed by atoms with Crippen LogP contribution in [0.2, 0.25) is 0 Å². The van der Waals surface area contributed by atoms with E-state index in [4.69, 9.17) is 0 Å². The summed E-state index contributed by atoms with van der Waals surface area (Å²) in [7, 11) is 0. The van der Waals surface area contributed by atoms with Crippen molar-refractivity contribution in [2.75, 3.05) is 0 Å². The SMILES string of the molecule is CC(C)SCc1ncc(I)c(=O)[nH]1. The standard InChI is InChI=1S/C8H11IN2OS/c1-5(2)13-4-7-10-3-6(9)8(12)11-7/h3,5H,4H2,1-2H3,(H,10,11,12). The molecule has 1 heterocycles. The lowest BCUT2D eigenvalue weighted by Crippen LogP contribution is -2.13. The molecule has 0 aliphatic carbocycles. The maximum Gasteiger partial charge on any atom is 0.264 e. The maximum absolute atomic E-state index is 11.2. The van der Waals surface area contributed by atoms with Crippen molar-refractivity contribution < 1.29 is 0 Å². The van der Waals surface area contributed by atoms with Crippen LogP contribution >= 0.6 is 34.4 Å². The van der Waals surface area contributed by atoms with Crippen molar-refractivity contribution in [3.63, 3.8) is 0 Å². The molecule has 0 saturated heterocycles. The Kier molecular flexibility index (Phi) is 4.24. The fourth-order valence-corrected chi connectivity index (χ4v) is 1.65. The Morgan fingerprint density at radius 2 is 2.38 bits per heavy atom. The van der Waals surface area contributed by atoms with E-state index in [2.05, 4.69) is 23.8 Å². The molecule has 1 rings (SSSR count). The molecule has 5 heteroatoms. The summed E-state index contributed by atoms with van der Waals surface area (Å²) in [5.41, 5.74) is -0.0463. The highest BCUT2D eigenvalue weighted by Crippen LogP contribution is 2.13. The van der Waals surface area contributed by atoms with Gasteiger partial charge in [0.15, 0.2) is 0 Å². The van der Waals surface area contributed by atoms with Gasteiger partial charge in [0.1, 0.15) is 5.82 Å². The van der Waals surface area contributed by atoms with Gasteiger partial charge in [-0.05, 0) is 27.8 Å². The van der Waals surface area contributed by atoms with Crippen molar-refractivity contribution in [2.24, 2.45) is 0 Å². The first-order chi connectivity index (χ1) is 6.09. The molecule has 13 heavy (non-hydrogen) atoms. The highest BCUT2D eigenvalue weighted by atomic mass is 127. The summed E-state index contributed by atoms with van der Waals surface area (Å²) in [5.74, 6) is 1.52. The normalized spacial score (nSPS) is 10.8. The maximum atomic E-state index is 11.2. The van der Waals surface area contributed by atoms with Gasteiger partial charge in [-0.15, -0.1) is 0 Å². The van der Waals surface area contributed by atoms with Gasteiger partial charge in [-0.1, -0.05) is 13.8 Å². The third kappa shape index (κ3) is 3.68. The fourth-order valence-electron chi connectivity index (χ4n) is 0.735. The number of nitrogens with zero attached hydrogens (tertiary/aromatic N) is 1. The zero-order valence-electron chi connectivity index (χ0n) is 7.50. The zero-order valence-corrected chi connectivity index (χ0v) is 10.5. The monoisotopic (exact) mass is 310 g/mol. The summed E-state index contributed by atoms with van der Waals surface area (Å²) in [6, 6.07) is 0. The first-order valence-corrected chi connectivity index (χ1v) is 6.07. The molecule has 1 N–H and O–H groups in total. The van der Waals surface area contributed by atoms with E-state index in [1.165, 1.54) is 0 Å². The largest absolute Gasteiger partial charge is 0.309 e. The van der Waals surface area contributed by atoms with Crippen LogP contribution < -0.4 is 5.56 Å². The van der Waals surface area contributed by atoms with Crippen LogP contribution in [-0.2, 0) is 5.75 Å². The highest BCUT2D eigenvalue weighted by Gasteiger charge is 2.01. The van der Waals surface area contributed by atoms with Crippen molar-refractivity contribution >= 4 is 34.4 Å². The first-order valence-electron chi connectivity index (χ1n) is 3.95. The summed E-state index contributed by atoms with van der Waals surface area (Å²) in [6.45, 7) is 4.24. The molecule has 0 aromatic carbocycles. The highest BCUT2D eigenvalue weighted by molar-refractivity contribution is 14.1. The van der Waals surface area contributed by atoms with E-state index in [9.17, 15) is 4.79 Å². The van der Waals surface area contributed by atoms with E-state index in [-0.39, 0.29) is 5.56 Å². The summed E-state index contributed by atoms with van der Waals surface area (Å²) < 4.78 is 0.635. The van der Waals surface area contributed by atoms with E-state index < -0.39 is 0 Å². The molecule has 0 aliphatic rings. The van der Waals surface area contributed by atoms with E-state index in [1.54, 1.807) is 18.0 Å². The van der Waals surface area contributed by atoms with Gasteiger partial charge in [0.2, 0.25) is 0 Å². The second-order valence-electron chi connectivity index (χ2n) is 2.87. The van der Waals surface area contributed by atoms with Crippen molar-refractivity contribution in [3.8, 4) is 0 Å². The van der Waals surface area contributed by atoms with E-state index in [0.717, 1.165) is 11.6 Å². The molecule has 0 spiro atoms. The molecule has 0 amide bonds. The fraction of sp³-hybridized carbons (Fsp3) is 0.500. The average molecular weight is 310 g/mol. The lowest BCUT2D eigenvalue weighted by Gasteiger charge is -2.03. The van der Waals surface area contributed by atoms with Crippen molar-refractivity contribution in [1.82, 2.24) is 9.97 Å². The van der Waals surface area contributed by atoms with Gasteiger partial charge in [-0.2, -0.15) is 11.8 Å². The van der Waals surface area contributed by atoms with Gasteiger partial charge in [0, 0.05) is 6.20 Å². The topological polar surface area (TPSA) is 45.8 Å². The number of aromatic amines is 1. The van der Waals surface area contributed by atoms with Crippen LogP contribution in [0.15, 0.2) is 11.0 Å². The van der Waals surface area contributed by atoms with Crippen LogP contribution in [0.4, 0.5) is 0 Å². The summed E-state index contributed by atoms with van der Waals surface area (Å²) in [4.78, 5) is 18.0. The minimum Gasteiger partial charge on any atom is -0.309 e. The summed E-state index contributed by atoms with van der Waals surface area (Å²) in [5, 5.41) is 0.560. The molecule has 3 nitrogen and oxygen atoms in total. The minimum absolute atomic E-state index is 0.0463. The number of halogens is 1. The van der Waals surface area contributed by atoms with Crippen LogP contribution in [0.25, 0.3) is 0 Å². The van der Waals surface area contributed by atoms with Crippen LogP contribution in [0, 0.1) is 3.57 Å².